The molecule has 5 nitrogen and oxygen atoms in total. The molecule has 124 valence electrons. The maximum atomic E-state index is 12.8. The van der Waals surface area contributed by atoms with Crippen molar-refractivity contribution in [3.05, 3.63) is 53.3 Å². The van der Waals surface area contributed by atoms with Gasteiger partial charge in [-0.15, -0.1) is 11.3 Å². The lowest BCUT2D eigenvalue weighted by Crippen LogP contribution is -2.29. The predicted octanol–water partition coefficient (Wildman–Crippen LogP) is 3.49. The molecule has 1 aliphatic heterocycles. The van der Waals surface area contributed by atoms with Crippen molar-refractivity contribution < 1.29 is 4.79 Å². The quantitative estimate of drug-likeness (QED) is 0.791. The number of anilines is 1. The highest BCUT2D eigenvalue weighted by molar-refractivity contribution is 7.15. The van der Waals surface area contributed by atoms with E-state index >= 15 is 0 Å². The van der Waals surface area contributed by atoms with Gasteiger partial charge in [-0.1, -0.05) is 12.1 Å². The summed E-state index contributed by atoms with van der Waals surface area (Å²) in [5.41, 5.74) is 2.66. The van der Waals surface area contributed by atoms with Crippen LogP contribution in [0, 0.1) is 0 Å². The van der Waals surface area contributed by atoms with Gasteiger partial charge in [-0.05, 0) is 31.9 Å². The van der Waals surface area contributed by atoms with Crippen LogP contribution < -0.4 is 10.2 Å². The largest absolute Gasteiger partial charge is 0.371 e. The fourth-order valence-corrected chi connectivity index (χ4v) is 3.91. The summed E-state index contributed by atoms with van der Waals surface area (Å²) in [6.45, 7) is 4.02. The van der Waals surface area contributed by atoms with E-state index in [1.807, 2.05) is 53.4 Å². The summed E-state index contributed by atoms with van der Waals surface area (Å²) >= 11 is 1.59. The van der Waals surface area contributed by atoms with Crippen molar-refractivity contribution in [1.29, 1.82) is 0 Å². The Morgan fingerprint density at radius 1 is 1.29 bits per heavy atom. The van der Waals surface area contributed by atoms with E-state index in [-0.39, 0.29) is 11.9 Å². The van der Waals surface area contributed by atoms with Crippen molar-refractivity contribution >= 4 is 27.9 Å². The molecular formula is C18H20N4OS. The van der Waals surface area contributed by atoms with Crippen molar-refractivity contribution in [2.45, 2.75) is 25.8 Å². The second-order valence-electron chi connectivity index (χ2n) is 6.17. The van der Waals surface area contributed by atoms with Gasteiger partial charge in [-0.25, -0.2) is 4.98 Å². The highest BCUT2D eigenvalue weighted by Gasteiger charge is 2.21. The van der Waals surface area contributed by atoms with E-state index in [1.165, 1.54) is 12.8 Å². The predicted molar refractivity (Wildman–Crippen MR) is 96.8 cm³/mol. The number of thiazole rings is 1. The molecule has 0 radical (unpaired) electrons. The molecule has 6 heteroatoms. The number of fused-ring (bicyclic) bond motifs is 1. The van der Waals surface area contributed by atoms with E-state index in [0.717, 1.165) is 35.0 Å². The second kappa shape index (κ2) is 6.28. The molecule has 3 aromatic rings. The van der Waals surface area contributed by atoms with Crippen LogP contribution in [-0.2, 0) is 0 Å². The molecule has 1 aliphatic rings. The lowest BCUT2D eigenvalue weighted by atomic mass is 10.1. The van der Waals surface area contributed by atoms with E-state index in [2.05, 4.69) is 15.2 Å². The van der Waals surface area contributed by atoms with E-state index in [9.17, 15) is 4.79 Å². The molecule has 1 amide bonds. The van der Waals surface area contributed by atoms with Crippen molar-refractivity contribution in [2.75, 3.05) is 18.0 Å². The third-order valence-electron chi connectivity index (χ3n) is 4.50. The van der Waals surface area contributed by atoms with Gasteiger partial charge in [-0.2, -0.15) is 0 Å². The number of para-hydroxylation sites is 1. The molecule has 0 aliphatic carbocycles. The molecule has 3 heterocycles. The lowest BCUT2D eigenvalue weighted by Gasteiger charge is -2.21. The minimum Gasteiger partial charge on any atom is -0.371 e. The van der Waals surface area contributed by atoms with Crippen LogP contribution >= 0.6 is 11.3 Å². The summed E-state index contributed by atoms with van der Waals surface area (Å²) in [5.74, 6) is -0.0404. The van der Waals surface area contributed by atoms with Gasteiger partial charge in [0.05, 0.1) is 17.3 Å². The highest BCUT2D eigenvalue weighted by Crippen LogP contribution is 2.25. The number of aromatic nitrogens is 2. The highest BCUT2D eigenvalue weighted by atomic mass is 32.1. The van der Waals surface area contributed by atoms with Crippen molar-refractivity contribution in [2.24, 2.45) is 0 Å². The summed E-state index contributed by atoms with van der Waals surface area (Å²) in [7, 11) is 0. The van der Waals surface area contributed by atoms with Gasteiger partial charge in [0.25, 0.3) is 5.91 Å². The first-order valence-electron chi connectivity index (χ1n) is 8.29. The zero-order valence-electron chi connectivity index (χ0n) is 13.6. The van der Waals surface area contributed by atoms with Gasteiger partial charge >= 0.3 is 0 Å². The third-order valence-corrected chi connectivity index (χ3v) is 5.27. The number of benzene rings is 1. The molecule has 0 saturated carbocycles. The van der Waals surface area contributed by atoms with Crippen LogP contribution in [0.2, 0.25) is 0 Å². The first-order valence-corrected chi connectivity index (χ1v) is 9.17. The fraction of sp³-hybridized carbons (Fsp3) is 0.333. The molecule has 0 spiro atoms. The fourth-order valence-electron chi connectivity index (χ4n) is 3.20. The standard InChI is InChI=1S/C18H20N4OS/c1-13(15-12-22-10-11-24-18(22)20-15)19-17(23)14-6-2-3-7-16(14)21-8-4-5-9-21/h2-3,6-7,10-13H,4-5,8-9H2,1H3,(H,19,23)/t13-/m0/s1. The van der Waals surface area contributed by atoms with Crippen molar-refractivity contribution in [3.63, 3.8) is 0 Å². The Morgan fingerprint density at radius 2 is 2.08 bits per heavy atom. The summed E-state index contributed by atoms with van der Waals surface area (Å²) in [6.07, 6.45) is 6.34. The van der Waals surface area contributed by atoms with E-state index in [0.29, 0.717) is 0 Å². The first kappa shape index (κ1) is 15.2. The number of amides is 1. The number of rotatable bonds is 4. The Labute approximate surface area is 144 Å². The molecule has 24 heavy (non-hydrogen) atoms. The Balaban J connectivity index is 1.54. The normalized spacial score (nSPS) is 15.8. The van der Waals surface area contributed by atoms with Gasteiger partial charge in [0.15, 0.2) is 4.96 Å². The second-order valence-corrected chi connectivity index (χ2v) is 7.04. The molecule has 2 aromatic heterocycles. The molecule has 1 saturated heterocycles. The number of hydrogen-bond donors (Lipinski definition) is 1. The van der Waals surface area contributed by atoms with Gasteiger partial charge in [0.1, 0.15) is 0 Å². The Kier molecular flexibility index (Phi) is 3.98. The van der Waals surface area contributed by atoms with Crippen LogP contribution in [-0.4, -0.2) is 28.4 Å². The smallest absolute Gasteiger partial charge is 0.253 e. The molecule has 1 N–H and O–H groups in total. The van der Waals surface area contributed by atoms with Crippen LogP contribution in [0.4, 0.5) is 5.69 Å². The summed E-state index contributed by atoms with van der Waals surface area (Å²) in [4.78, 5) is 20.6. The molecular weight excluding hydrogens is 320 g/mol. The van der Waals surface area contributed by atoms with Crippen LogP contribution in [0.25, 0.3) is 4.96 Å². The lowest BCUT2D eigenvalue weighted by molar-refractivity contribution is 0.0939. The molecule has 1 aromatic carbocycles. The Bertz CT molecular complexity index is 834. The molecule has 0 unspecified atom stereocenters. The number of carbonyl (C=O) groups excluding carboxylic acids is 1. The number of nitrogens with zero attached hydrogens (tertiary/aromatic N) is 3. The van der Waals surface area contributed by atoms with Gasteiger partial charge in [0.2, 0.25) is 0 Å². The van der Waals surface area contributed by atoms with Crippen molar-refractivity contribution in [3.8, 4) is 0 Å². The van der Waals surface area contributed by atoms with Gasteiger partial charge in [-0.3, -0.25) is 9.20 Å². The van der Waals surface area contributed by atoms with Gasteiger partial charge in [0, 0.05) is 36.6 Å². The Hall–Kier alpha value is -2.34. The summed E-state index contributed by atoms with van der Waals surface area (Å²) in [6, 6.07) is 7.73. The number of hydrogen-bond acceptors (Lipinski definition) is 4. The monoisotopic (exact) mass is 340 g/mol. The summed E-state index contributed by atoms with van der Waals surface area (Å²) in [5, 5.41) is 5.09. The number of carbonyl (C=O) groups is 1. The van der Waals surface area contributed by atoms with E-state index in [4.69, 9.17) is 0 Å². The van der Waals surface area contributed by atoms with Crippen LogP contribution in [0.5, 0.6) is 0 Å². The molecule has 0 bridgehead atoms. The minimum atomic E-state index is -0.128. The molecule has 1 fully saturated rings. The topological polar surface area (TPSA) is 49.6 Å². The average molecular weight is 340 g/mol. The minimum absolute atomic E-state index is 0.0404. The van der Waals surface area contributed by atoms with Crippen LogP contribution in [0.15, 0.2) is 42.0 Å². The zero-order valence-corrected chi connectivity index (χ0v) is 14.4. The maximum Gasteiger partial charge on any atom is 0.253 e. The van der Waals surface area contributed by atoms with E-state index in [1.54, 1.807) is 11.3 Å². The SMILES string of the molecule is C[C@H](NC(=O)c1ccccc1N1CCCC1)c1cn2ccsc2n1. The van der Waals surface area contributed by atoms with Crippen LogP contribution in [0.1, 0.15) is 41.9 Å². The van der Waals surface area contributed by atoms with Gasteiger partial charge < -0.3 is 10.2 Å². The summed E-state index contributed by atoms with van der Waals surface area (Å²) < 4.78 is 1.99. The third kappa shape index (κ3) is 2.78. The number of imidazole rings is 1. The van der Waals surface area contributed by atoms with E-state index < -0.39 is 0 Å². The number of nitrogens with one attached hydrogen (secondary N) is 1. The Morgan fingerprint density at radius 3 is 2.88 bits per heavy atom. The molecule has 4 rings (SSSR count). The molecule has 1 atom stereocenters. The van der Waals surface area contributed by atoms with Crippen molar-refractivity contribution in [1.82, 2.24) is 14.7 Å². The average Bonchev–Trinajstić information content (AvgIpc) is 3.31. The van der Waals surface area contributed by atoms with Crippen LogP contribution in [0.3, 0.4) is 0 Å². The maximum absolute atomic E-state index is 12.8. The zero-order chi connectivity index (χ0) is 16.5. The first-order chi connectivity index (χ1) is 11.7.